The van der Waals surface area contributed by atoms with Crippen LogP contribution in [0.3, 0.4) is 0 Å². The Labute approximate surface area is 205 Å². The fourth-order valence-electron chi connectivity index (χ4n) is 6.36. The van der Waals surface area contributed by atoms with Crippen molar-refractivity contribution in [3.63, 3.8) is 0 Å². The van der Waals surface area contributed by atoms with Gasteiger partial charge in [0.2, 0.25) is 11.8 Å². The normalized spacial score (nSPS) is 28.7. The summed E-state index contributed by atoms with van der Waals surface area (Å²) in [4.78, 5) is 31.9. The zero-order chi connectivity index (χ0) is 24.7. The van der Waals surface area contributed by atoms with Crippen molar-refractivity contribution in [2.45, 2.75) is 75.2 Å². The van der Waals surface area contributed by atoms with Crippen LogP contribution in [0.25, 0.3) is 10.9 Å². The molecule has 0 spiro atoms. The number of aromatic amines is 1. The lowest BCUT2D eigenvalue weighted by Crippen LogP contribution is -2.57. The molecule has 5 N–H and O–H groups in total. The number of hydrogen-bond acceptors (Lipinski definition) is 5. The number of hydrogen-bond donors (Lipinski definition) is 5. The summed E-state index contributed by atoms with van der Waals surface area (Å²) >= 11 is 0. The van der Waals surface area contributed by atoms with Crippen LogP contribution in [0.5, 0.6) is 0 Å². The number of benzene rings is 1. The Kier molecular flexibility index (Phi) is 6.83. The Balaban J connectivity index is 1.45. The number of rotatable bonds is 6. The molecule has 9 heteroatoms. The smallest absolute Gasteiger partial charge is 0.245 e. The molecule has 1 aromatic heterocycles. The van der Waals surface area contributed by atoms with Gasteiger partial charge in [-0.25, -0.2) is 4.39 Å². The Morgan fingerprint density at radius 3 is 2.74 bits per heavy atom. The van der Waals surface area contributed by atoms with Crippen LogP contribution >= 0.6 is 0 Å². The monoisotopic (exact) mass is 485 g/mol. The summed E-state index contributed by atoms with van der Waals surface area (Å²) in [7, 11) is 1.73. The van der Waals surface area contributed by atoms with E-state index in [9.17, 15) is 19.1 Å². The number of amides is 2. The number of fused-ring (bicyclic) bond motifs is 2. The lowest BCUT2D eigenvalue weighted by atomic mass is 9.82. The van der Waals surface area contributed by atoms with Crippen LogP contribution in [0.15, 0.2) is 24.4 Å². The van der Waals surface area contributed by atoms with Crippen LogP contribution in [-0.4, -0.2) is 77.2 Å². The maximum Gasteiger partial charge on any atom is 0.245 e. The minimum absolute atomic E-state index is 0.0562. The SMILES string of the molecule is CNC(C)C(=O)NC(C(=O)N1CC(O)C2NCC(c3c[nH]c4cc(F)ccc34)C21)C1CCCCC1. The maximum atomic E-state index is 14.1. The fourth-order valence-corrected chi connectivity index (χ4v) is 6.36. The fraction of sp³-hybridized carbons (Fsp3) is 0.615. The molecule has 3 aliphatic rings. The highest BCUT2D eigenvalue weighted by atomic mass is 19.1. The van der Waals surface area contributed by atoms with Crippen molar-refractivity contribution >= 4 is 22.7 Å². The molecule has 35 heavy (non-hydrogen) atoms. The van der Waals surface area contributed by atoms with Crippen LogP contribution < -0.4 is 16.0 Å². The minimum atomic E-state index is -0.685. The molecule has 2 aliphatic heterocycles. The Morgan fingerprint density at radius 2 is 2.00 bits per heavy atom. The molecule has 1 aromatic carbocycles. The average Bonchev–Trinajstić information content (AvgIpc) is 3.56. The van der Waals surface area contributed by atoms with Gasteiger partial charge in [-0.15, -0.1) is 0 Å². The number of aliphatic hydroxyl groups excluding tert-OH is 1. The number of β-amino-alcohol motifs (C(OH)–C–C–N with tert-alkyl or cyclic N) is 1. The molecule has 190 valence electrons. The first kappa shape index (κ1) is 24.2. The summed E-state index contributed by atoms with van der Waals surface area (Å²) in [6, 6.07) is 3.19. The van der Waals surface area contributed by atoms with E-state index in [4.69, 9.17) is 0 Å². The van der Waals surface area contributed by atoms with Gasteiger partial charge in [-0.3, -0.25) is 9.59 Å². The zero-order valence-electron chi connectivity index (χ0n) is 20.4. The van der Waals surface area contributed by atoms with Crippen LogP contribution in [0.1, 0.15) is 50.5 Å². The standard InChI is InChI=1S/C26H36FN5O3/c1-14(28-2)25(34)31-22(15-6-4-3-5-7-15)26(35)32-13-21(33)23-24(32)19(12-30-23)18-11-29-20-10-16(27)8-9-17(18)20/h8-11,14-15,19,21-24,28-30,33H,3-7,12-13H2,1-2H3,(H,31,34). The summed E-state index contributed by atoms with van der Waals surface area (Å²) in [6.45, 7) is 2.62. The summed E-state index contributed by atoms with van der Waals surface area (Å²) in [5, 5.41) is 21.2. The minimum Gasteiger partial charge on any atom is -0.390 e. The van der Waals surface area contributed by atoms with Crippen molar-refractivity contribution in [1.29, 1.82) is 0 Å². The first-order valence-corrected chi connectivity index (χ1v) is 12.8. The lowest BCUT2D eigenvalue weighted by molar-refractivity contribution is -0.140. The van der Waals surface area contributed by atoms with Crippen LogP contribution in [-0.2, 0) is 9.59 Å². The quantitative estimate of drug-likeness (QED) is 0.427. The second kappa shape index (κ2) is 9.87. The summed E-state index contributed by atoms with van der Waals surface area (Å²) < 4.78 is 13.8. The van der Waals surface area contributed by atoms with Crippen LogP contribution in [0, 0.1) is 11.7 Å². The molecule has 3 fully saturated rings. The molecule has 5 rings (SSSR count). The van der Waals surface area contributed by atoms with Gasteiger partial charge in [0.05, 0.1) is 24.2 Å². The molecule has 0 bridgehead atoms. The molecule has 8 nitrogen and oxygen atoms in total. The van der Waals surface area contributed by atoms with Crippen LogP contribution in [0.2, 0.25) is 0 Å². The van der Waals surface area contributed by atoms with E-state index in [1.807, 2.05) is 6.20 Å². The molecular formula is C26H36FN5O3. The van der Waals surface area contributed by atoms with Gasteiger partial charge in [0.1, 0.15) is 11.9 Å². The number of likely N-dealkylation sites (N-methyl/N-ethyl adjacent to an activating group) is 1. The molecule has 3 heterocycles. The van der Waals surface area contributed by atoms with Crippen LogP contribution in [0.4, 0.5) is 4.39 Å². The number of likely N-dealkylation sites (tertiary alicyclic amines) is 1. The number of halogens is 1. The van der Waals surface area contributed by atoms with E-state index in [0.29, 0.717) is 12.1 Å². The lowest BCUT2D eigenvalue weighted by Gasteiger charge is -2.36. The number of aliphatic hydroxyl groups is 1. The average molecular weight is 486 g/mol. The van der Waals surface area contributed by atoms with Gasteiger partial charge in [-0.05, 0) is 56.5 Å². The number of carbonyl (C=O) groups is 2. The number of nitrogens with one attached hydrogen (secondary N) is 4. The first-order valence-electron chi connectivity index (χ1n) is 12.8. The molecule has 6 atom stereocenters. The van der Waals surface area contributed by atoms with E-state index in [1.165, 1.54) is 12.1 Å². The molecule has 2 saturated heterocycles. The third-order valence-electron chi connectivity index (χ3n) is 8.38. The van der Waals surface area contributed by atoms with Gasteiger partial charge in [0.25, 0.3) is 0 Å². The second-order valence-corrected chi connectivity index (χ2v) is 10.4. The third-order valence-corrected chi connectivity index (χ3v) is 8.38. The van der Waals surface area contributed by atoms with Crippen molar-refractivity contribution in [1.82, 2.24) is 25.8 Å². The molecule has 2 aromatic rings. The molecule has 1 aliphatic carbocycles. The Bertz CT molecular complexity index is 1080. The van der Waals surface area contributed by atoms with Gasteiger partial charge in [-0.2, -0.15) is 0 Å². The highest BCUT2D eigenvalue weighted by Crippen LogP contribution is 2.40. The molecule has 1 saturated carbocycles. The maximum absolute atomic E-state index is 14.1. The van der Waals surface area contributed by atoms with Crippen molar-refractivity contribution in [3.8, 4) is 0 Å². The molecular weight excluding hydrogens is 449 g/mol. The highest BCUT2D eigenvalue weighted by Gasteiger charge is 2.53. The van der Waals surface area contributed by atoms with Gasteiger partial charge in [-0.1, -0.05) is 19.3 Å². The predicted molar refractivity (Wildman–Crippen MR) is 131 cm³/mol. The summed E-state index contributed by atoms with van der Waals surface area (Å²) in [5.41, 5.74) is 1.72. The van der Waals surface area contributed by atoms with Gasteiger partial charge >= 0.3 is 0 Å². The number of aromatic nitrogens is 1. The molecule has 6 unspecified atom stereocenters. The molecule has 0 radical (unpaired) electrons. The zero-order valence-corrected chi connectivity index (χ0v) is 20.4. The Hall–Kier alpha value is -2.49. The van der Waals surface area contributed by atoms with Gasteiger partial charge < -0.3 is 30.9 Å². The second-order valence-electron chi connectivity index (χ2n) is 10.4. The summed E-state index contributed by atoms with van der Waals surface area (Å²) in [5.74, 6) is -0.570. The van der Waals surface area contributed by atoms with Gasteiger partial charge in [0, 0.05) is 36.1 Å². The van der Waals surface area contributed by atoms with Crippen molar-refractivity contribution in [2.24, 2.45) is 5.92 Å². The summed E-state index contributed by atoms with van der Waals surface area (Å²) in [6.07, 6.45) is 6.28. The van der Waals surface area contributed by atoms with E-state index in [2.05, 4.69) is 20.9 Å². The highest BCUT2D eigenvalue weighted by molar-refractivity contribution is 5.90. The number of carbonyl (C=O) groups excluding carboxylic acids is 2. The van der Waals surface area contributed by atoms with E-state index in [1.54, 1.807) is 24.9 Å². The first-order chi connectivity index (χ1) is 16.9. The Morgan fingerprint density at radius 1 is 1.23 bits per heavy atom. The third kappa shape index (κ3) is 4.45. The molecule has 2 amide bonds. The van der Waals surface area contributed by atoms with Gasteiger partial charge in [0.15, 0.2) is 0 Å². The van der Waals surface area contributed by atoms with E-state index in [0.717, 1.165) is 43.1 Å². The van der Waals surface area contributed by atoms with E-state index in [-0.39, 0.29) is 48.1 Å². The largest absolute Gasteiger partial charge is 0.390 e. The number of H-pyrrole nitrogens is 1. The predicted octanol–water partition coefficient (Wildman–Crippen LogP) is 1.61. The van der Waals surface area contributed by atoms with Crippen molar-refractivity contribution in [2.75, 3.05) is 20.1 Å². The topological polar surface area (TPSA) is 109 Å². The van der Waals surface area contributed by atoms with Crippen molar-refractivity contribution < 1.29 is 19.1 Å². The van der Waals surface area contributed by atoms with E-state index < -0.39 is 18.2 Å². The van der Waals surface area contributed by atoms with Crippen molar-refractivity contribution in [3.05, 3.63) is 35.8 Å². The number of nitrogens with zero attached hydrogens (tertiary/aromatic N) is 1. The van der Waals surface area contributed by atoms with E-state index >= 15 is 0 Å².